The number of alkyl halides is 3. The number of carbonyl (C=O) groups excluding carboxylic acids is 1. The first-order chi connectivity index (χ1) is 16.1. The number of halogens is 3. The molecule has 174 valence electrons. The first kappa shape index (κ1) is 21.6. The second-order valence-corrected chi connectivity index (χ2v) is 7.75. The van der Waals surface area contributed by atoms with E-state index in [9.17, 15) is 18.0 Å². The zero-order valence-electron chi connectivity index (χ0n) is 18.1. The molecule has 0 saturated carbocycles. The van der Waals surface area contributed by atoms with Gasteiger partial charge < -0.3 is 14.8 Å². The maximum atomic E-state index is 13.0. The number of imidazole rings is 1. The van der Waals surface area contributed by atoms with Gasteiger partial charge in [0.2, 0.25) is 0 Å². The van der Waals surface area contributed by atoms with Gasteiger partial charge in [-0.2, -0.15) is 18.3 Å². The lowest BCUT2D eigenvalue weighted by atomic mass is 10.2. The van der Waals surface area contributed by atoms with Gasteiger partial charge in [0.05, 0.1) is 33.7 Å². The van der Waals surface area contributed by atoms with Crippen molar-refractivity contribution in [2.45, 2.75) is 26.1 Å². The predicted octanol–water partition coefficient (Wildman–Crippen LogP) is 3.71. The van der Waals surface area contributed by atoms with E-state index < -0.39 is 23.7 Å². The zero-order chi connectivity index (χ0) is 24.2. The highest BCUT2D eigenvalue weighted by Gasteiger charge is 2.31. The Bertz CT molecular complexity index is 1550. The fourth-order valence-electron chi connectivity index (χ4n) is 3.70. The van der Waals surface area contributed by atoms with Crippen LogP contribution in [0.3, 0.4) is 0 Å². The Morgan fingerprint density at radius 3 is 2.79 bits per heavy atom. The molecule has 2 N–H and O–H groups in total. The fourth-order valence-corrected chi connectivity index (χ4v) is 3.70. The molecule has 1 aromatic carbocycles. The molecule has 34 heavy (non-hydrogen) atoms. The number of amides is 1. The Morgan fingerprint density at radius 2 is 2.03 bits per heavy atom. The van der Waals surface area contributed by atoms with Gasteiger partial charge in [-0.3, -0.25) is 9.48 Å². The van der Waals surface area contributed by atoms with Crippen LogP contribution in [0.2, 0.25) is 0 Å². The minimum Gasteiger partial charge on any atom is -0.358 e. The Hall–Kier alpha value is -4.29. The maximum Gasteiger partial charge on any atom is 0.416 e. The van der Waals surface area contributed by atoms with Gasteiger partial charge in [0.25, 0.3) is 5.91 Å². The van der Waals surface area contributed by atoms with Crippen LogP contribution >= 0.6 is 0 Å². The second-order valence-electron chi connectivity index (χ2n) is 7.75. The summed E-state index contributed by atoms with van der Waals surface area (Å²) in [7, 11) is 1.73. The van der Waals surface area contributed by atoms with Crippen LogP contribution < -0.4 is 5.32 Å². The van der Waals surface area contributed by atoms with Crippen molar-refractivity contribution in [3.05, 3.63) is 53.3 Å². The molecule has 0 fully saturated rings. The number of benzene rings is 1. The number of hydrogen-bond donors (Lipinski definition) is 2. The largest absolute Gasteiger partial charge is 0.416 e. The van der Waals surface area contributed by atoms with Gasteiger partial charge in [-0.1, -0.05) is 5.16 Å². The van der Waals surface area contributed by atoms with Crippen LogP contribution in [-0.4, -0.2) is 40.8 Å². The van der Waals surface area contributed by atoms with Gasteiger partial charge in [-0.25, -0.2) is 15.0 Å². The summed E-state index contributed by atoms with van der Waals surface area (Å²) in [6, 6.07) is 4.20. The summed E-state index contributed by atoms with van der Waals surface area (Å²) in [6.45, 7) is 3.46. The fraction of sp³-hybridized carbons (Fsp3) is 0.238. The number of hydrogen-bond acceptors (Lipinski definition) is 7. The summed E-state index contributed by atoms with van der Waals surface area (Å²) < 4.78 is 45.8. The summed E-state index contributed by atoms with van der Waals surface area (Å²) in [6.07, 6.45) is -3.17. The highest BCUT2D eigenvalue weighted by atomic mass is 19.4. The lowest BCUT2D eigenvalue weighted by Crippen LogP contribution is -2.27. The quantitative estimate of drug-likeness (QED) is 0.410. The lowest BCUT2D eigenvalue weighted by Gasteiger charge is -2.10. The molecule has 4 aromatic heterocycles. The highest BCUT2D eigenvalue weighted by Crippen LogP contribution is 2.32. The van der Waals surface area contributed by atoms with E-state index in [1.54, 1.807) is 31.6 Å². The molecule has 1 amide bonds. The van der Waals surface area contributed by atoms with E-state index in [-0.39, 0.29) is 22.7 Å². The van der Waals surface area contributed by atoms with Gasteiger partial charge in [-0.05, 0) is 32.0 Å². The maximum absolute atomic E-state index is 13.0. The molecule has 0 aliphatic carbocycles. The van der Waals surface area contributed by atoms with Crippen LogP contribution in [0.5, 0.6) is 0 Å². The van der Waals surface area contributed by atoms with Gasteiger partial charge in [-0.15, -0.1) is 0 Å². The lowest BCUT2D eigenvalue weighted by molar-refractivity contribution is -0.137. The van der Waals surface area contributed by atoms with E-state index in [1.165, 1.54) is 12.4 Å². The van der Waals surface area contributed by atoms with Crippen molar-refractivity contribution >= 4 is 28.0 Å². The van der Waals surface area contributed by atoms with E-state index in [0.717, 1.165) is 12.1 Å². The van der Waals surface area contributed by atoms with Crippen LogP contribution in [0, 0.1) is 6.92 Å². The van der Waals surface area contributed by atoms with Gasteiger partial charge >= 0.3 is 6.18 Å². The van der Waals surface area contributed by atoms with E-state index >= 15 is 0 Å². The third-order valence-corrected chi connectivity index (χ3v) is 5.37. The molecule has 4 heterocycles. The van der Waals surface area contributed by atoms with Crippen LogP contribution in [0.4, 0.5) is 13.2 Å². The Balaban J connectivity index is 1.38. The molecule has 5 rings (SSSR count). The van der Waals surface area contributed by atoms with E-state index in [0.29, 0.717) is 28.0 Å². The van der Waals surface area contributed by atoms with Gasteiger partial charge in [0.1, 0.15) is 17.7 Å². The third kappa shape index (κ3) is 3.64. The van der Waals surface area contributed by atoms with Crippen molar-refractivity contribution in [2.75, 3.05) is 0 Å². The van der Waals surface area contributed by atoms with Crippen molar-refractivity contribution in [3.63, 3.8) is 0 Å². The number of H-pyrrole nitrogens is 1. The molecule has 0 spiro atoms. The van der Waals surface area contributed by atoms with Crippen molar-refractivity contribution in [1.29, 1.82) is 0 Å². The highest BCUT2D eigenvalue weighted by molar-refractivity contribution is 6.04. The Morgan fingerprint density at radius 1 is 1.24 bits per heavy atom. The minimum atomic E-state index is -4.46. The number of nitrogens with zero attached hydrogens (tertiary/aromatic N) is 6. The van der Waals surface area contributed by atoms with E-state index in [2.05, 4.69) is 35.5 Å². The van der Waals surface area contributed by atoms with Crippen LogP contribution in [0.15, 0.2) is 35.1 Å². The number of nitrogens with one attached hydrogen (secondary N) is 2. The van der Waals surface area contributed by atoms with Crippen molar-refractivity contribution < 1.29 is 22.5 Å². The van der Waals surface area contributed by atoms with Gasteiger partial charge in [0.15, 0.2) is 17.2 Å². The number of aryl methyl sites for hydroxylation is 2. The molecule has 0 saturated heterocycles. The first-order valence-electron chi connectivity index (χ1n) is 10.1. The van der Waals surface area contributed by atoms with Crippen molar-refractivity contribution in [3.8, 4) is 11.5 Å². The van der Waals surface area contributed by atoms with Gasteiger partial charge in [0, 0.05) is 13.1 Å². The molecule has 5 aromatic rings. The molecule has 0 aliphatic rings. The summed E-state index contributed by atoms with van der Waals surface area (Å²) in [5.74, 6) is 0.122. The molecule has 10 nitrogen and oxygen atoms in total. The smallest absolute Gasteiger partial charge is 0.358 e. The molecule has 0 bridgehead atoms. The molecular formula is C21H17F3N8O2. The SMILES string of the molecule is Cc1nn(C)c2ncnc(C(=O)N[C@@H](C)c3cc(-c4nc5ccc(C(F)(F)F)cc5[nH]4)no3)c12. The minimum absolute atomic E-state index is 0.181. The van der Waals surface area contributed by atoms with Crippen LogP contribution in [-0.2, 0) is 13.2 Å². The summed E-state index contributed by atoms with van der Waals surface area (Å²) in [4.78, 5) is 28.3. The summed E-state index contributed by atoms with van der Waals surface area (Å²) in [5.41, 5.74) is 1.41. The zero-order valence-corrected chi connectivity index (χ0v) is 18.1. The molecule has 0 aliphatic heterocycles. The number of rotatable bonds is 4. The number of aromatic nitrogens is 7. The Labute approximate surface area is 189 Å². The average Bonchev–Trinajstić information content (AvgIpc) is 3.50. The van der Waals surface area contributed by atoms with Crippen molar-refractivity contribution in [2.24, 2.45) is 7.05 Å². The molecule has 0 unspecified atom stereocenters. The van der Waals surface area contributed by atoms with Crippen LogP contribution in [0.1, 0.15) is 40.5 Å². The molecule has 0 radical (unpaired) electrons. The first-order valence-corrected chi connectivity index (χ1v) is 10.1. The van der Waals surface area contributed by atoms with Crippen molar-refractivity contribution in [1.82, 2.24) is 40.2 Å². The predicted molar refractivity (Wildman–Crippen MR) is 114 cm³/mol. The van der Waals surface area contributed by atoms with Crippen LogP contribution in [0.25, 0.3) is 33.6 Å². The topological polar surface area (TPSA) is 127 Å². The van der Waals surface area contributed by atoms with E-state index in [1.807, 2.05) is 0 Å². The standard InChI is InChI=1S/C21H17F3N8O2/c1-9(27-20(33)17-16-10(2)30-32(3)19(16)26-8-25-17)15-7-14(31-34-15)18-28-12-5-4-11(21(22,23)24)6-13(12)29-18/h4-9H,1-3H3,(H,27,33)(H,28,29)/t9-/m0/s1. The molecular weight excluding hydrogens is 453 g/mol. The summed E-state index contributed by atoms with van der Waals surface area (Å²) in [5, 5.41) is 11.6. The summed E-state index contributed by atoms with van der Waals surface area (Å²) >= 11 is 0. The third-order valence-electron chi connectivity index (χ3n) is 5.37. The van der Waals surface area contributed by atoms with E-state index in [4.69, 9.17) is 4.52 Å². The Kier molecular flexibility index (Phi) is 4.84. The monoisotopic (exact) mass is 470 g/mol. The average molecular weight is 470 g/mol. The normalized spacial score (nSPS) is 13.0. The number of carbonyl (C=O) groups is 1. The molecule has 1 atom stereocenters. The second kappa shape index (κ2) is 7.64. The number of fused-ring (bicyclic) bond motifs is 2. The number of aromatic amines is 1. The molecule has 13 heteroatoms.